The van der Waals surface area contributed by atoms with E-state index in [2.05, 4.69) is 12.1 Å². The summed E-state index contributed by atoms with van der Waals surface area (Å²) in [6, 6.07) is 24.9. The van der Waals surface area contributed by atoms with E-state index in [1.54, 1.807) is 38.1 Å². The number of ether oxygens (including phenoxy) is 2. The lowest BCUT2D eigenvalue weighted by Gasteiger charge is -2.26. The van der Waals surface area contributed by atoms with E-state index >= 15 is 0 Å². The Hall–Kier alpha value is -2.92. The van der Waals surface area contributed by atoms with Crippen molar-refractivity contribution in [1.29, 1.82) is 0 Å². The van der Waals surface area contributed by atoms with Gasteiger partial charge in [-0.15, -0.1) is 0 Å². The lowest BCUT2D eigenvalue weighted by atomic mass is 9.98. The van der Waals surface area contributed by atoms with Gasteiger partial charge in [0.05, 0.1) is 13.2 Å². The maximum absolute atomic E-state index is 13.5. The van der Waals surface area contributed by atoms with Crippen LogP contribution in [0.4, 0.5) is 4.79 Å². The van der Waals surface area contributed by atoms with E-state index in [9.17, 15) is 9.36 Å². The van der Waals surface area contributed by atoms with Crippen molar-refractivity contribution in [1.82, 2.24) is 0 Å². The fourth-order valence-corrected chi connectivity index (χ4v) is 6.00. The molecule has 0 radical (unpaired) electrons. The van der Waals surface area contributed by atoms with Crippen LogP contribution in [0.1, 0.15) is 42.3 Å². The monoisotopic (exact) mass is 466 g/mol. The zero-order valence-electron chi connectivity index (χ0n) is 18.7. The van der Waals surface area contributed by atoms with Crippen molar-refractivity contribution in [2.75, 3.05) is 19.8 Å². The molecule has 4 rings (SSSR count). The Bertz CT molecular complexity index is 1090. The SMILES string of the molecule is CCOP(=O)(OCC)C(OC(=O)OCC1c2ccccc2-c2ccccc21)c1ccccc1. The molecule has 1 aliphatic rings. The summed E-state index contributed by atoms with van der Waals surface area (Å²) in [5.74, 6) is -1.33. The zero-order valence-corrected chi connectivity index (χ0v) is 19.6. The first-order valence-corrected chi connectivity index (χ1v) is 12.6. The molecule has 1 unspecified atom stereocenters. The maximum atomic E-state index is 13.5. The first-order valence-electron chi connectivity index (χ1n) is 11.0. The van der Waals surface area contributed by atoms with E-state index in [1.807, 2.05) is 42.5 Å². The van der Waals surface area contributed by atoms with Crippen molar-refractivity contribution >= 4 is 13.8 Å². The number of hydrogen-bond donors (Lipinski definition) is 0. The second-order valence-corrected chi connectivity index (χ2v) is 9.61. The molecule has 0 aliphatic heterocycles. The van der Waals surface area contributed by atoms with Crippen LogP contribution >= 0.6 is 7.60 Å². The van der Waals surface area contributed by atoms with E-state index in [-0.39, 0.29) is 25.7 Å². The maximum Gasteiger partial charge on any atom is 0.509 e. The minimum atomic E-state index is -3.78. The van der Waals surface area contributed by atoms with Gasteiger partial charge in [-0.2, -0.15) is 0 Å². The predicted molar refractivity (Wildman–Crippen MR) is 126 cm³/mol. The van der Waals surface area contributed by atoms with E-state index in [4.69, 9.17) is 18.5 Å². The highest BCUT2D eigenvalue weighted by molar-refractivity contribution is 7.54. The molecule has 3 aromatic carbocycles. The Morgan fingerprint density at radius 1 is 0.818 bits per heavy atom. The molecule has 1 atom stereocenters. The number of hydrogen-bond acceptors (Lipinski definition) is 6. The summed E-state index contributed by atoms with van der Waals surface area (Å²) < 4.78 is 35.5. The molecule has 0 N–H and O–H groups in total. The minimum absolute atomic E-state index is 0.0991. The molecule has 0 saturated heterocycles. The van der Waals surface area contributed by atoms with Crippen LogP contribution in [0.2, 0.25) is 0 Å². The van der Waals surface area contributed by atoms with Crippen molar-refractivity contribution < 1.29 is 27.9 Å². The average Bonchev–Trinajstić information content (AvgIpc) is 3.16. The Morgan fingerprint density at radius 2 is 1.33 bits per heavy atom. The van der Waals surface area contributed by atoms with Crippen molar-refractivity contribution in [3.05, 3.63) is 95.6 Å². The highest BCUT2D eigenvalue weighted by atomic mass is 31.2. The van der Waals surface area contributed by atoms with Gasteiger partial charge in [0.2, 0.25) is 5.85 Å². The highest BCUT2D eigenvalue weighted by Crippen LogP contribution is 2.61. The number of rotatable bonds is 9. The van der Waals surface area contributed by atoms with Crippen molar-refractivity contribution in [3.63, 3.8) is 0 Å². The summed E-state index contributed by atoms with van der Waals surface area (Å²) in [4.78, 5) is 12.8. The van der Waals surface area contributed by atoms with E-state index in [1.165, 1.54) is 0 Å². The zero-order chi connectivity index (χ0) is 23.3. The van der Waals surface area contributed by atoms with Gasteiger partial charge in [-0.3, -0.25) is 4.57 Å². The van der Waals surface area contributed by atoms with Crippen LogP contribution in [0.25, 0.3) is 11.1 Å². The summed E-state index contributed by atoms with van der Waals surface area (Å²) in [6.07, 6.45) is -0.926. The van der Waals surface area contributed by atoms with Crippen LogP contribution in [0.5, 0.6) is 0 Å². The van der Waals surface area contributed by atoms with Crippen LogP contribution in [-0.2, 0) is 23.1 Å². The molecule has 6 nitrogen and oxygen atoms in total. The summed E-state index contributed by atoms with van der Waals surface area (Å²) in [7, 11) is -3.78. The van der Waals surface area contributed by atoms with E-state index in [0.717, 1.165) is 22.3 Å². The second-order valence-electron chi connectivity index (χ2n) is 7.54. The first-order chi connectivity index (χ1) is 16.1. The molecule has 1 aliphatic carbocycles. The number of carbonyl (C=O) groups is 1. The fraction of sp³-hybridized carbons (Fsp3) is 0.269. The van der Waals surface area contributed by atoms with Crippen LogP contribution in [0, 0.1) is 0 Å². The molecule has 0 heterocycles. The Labute approximate surface area is 194 Å². The summed E-state index contributed by atoms with van der Waals surface area (Å²) in [5.41, 5.74) is 4.97. The number of fused-ring (bicyclic) bond motifs is 3. The number of carbonyl (C=O) groups excluding carboxylic acids is 1. The Morgan fingerprint density at radius 3 is 1.88 bits per heavy atom. The van der Waals surface area contributed by atoms with Crippen LogP contribution < -0.4 is 0 Å². The summed E-state index contributed by atoms with van der Waals surface area (Å²) >= 11 is 0. The van der Waals surface area contributed by atoms with Crippen LogP contribution in [0.15, 0.2) is 78.9 Å². The van der Waals surface area contributed by atoms with Crippen molar-refractivity contribution in [2.45, 2.75) is 25.6 Å². The lowest BCUT2D eigenvalue weighted by molar-refractivity contribution is 0.0315. The summed E-state index contributed by atoms with van der Waals surface area (Å²) in [6.45, 7) is 3.81. The van der Waals surface area contributed by atoms with Gasteiger partial charge in [0, 0.05) is 11.5 Å². The van der Waals surface area contributed by atoms with Gasteiger partial charge in [-0.25, -0.2) is 4.79 Å². The molecule has 172 valence electrons. The molecular weight excluding hydrogens is 439 g/mol. The van der Waals surface area contributed by atoms with E-state index in [0.29, 0.717) is 5.56 Å². The van der Waals surface area contributed by atoms with E-state index < -0.39 is 19.6 Å². The van der Waals surface area contributed by atoms with Gasteiger partial charge in [-0.1, -0.05) is 78.9 Å². The third-order valence-electron chi connectivity index (χ3n) is 5.53. The van der Waals surface area contributed by atoms with Crippen LogP contribution in [0.3, 0.4) is 0 Å². The van der Waals surface area contributed by atoms with Gasteiger partial charge in [0.1, 0.15) is 6.61 Å². The average molecular weight is 466 g/mol. The lowest BCUT2D eigenvalue weighted by Crippen LogP contribution is -2.18. The van der Waals surface area contributed by atoms with Gasteiger partial charge in [-0.05, 0) is 36.1 Å². The fourth-order valence-electron chi connectivity index (χ4n) is 4.18. The molecule has 33 heavy (non-hydrogen) atoms. The molecule has 0 saturated carbocycles. The second kappa shape index (κ2) is 10.3. The van der Waals surface area contributed by atoms with Gasteiger partial charge in [0.25, 0.3) is 0 Å². The Balaban J connectivity index is 1.53. The standard InChI is InChI=1S/C26H27O6P/c1-3-30-33(28,31-4-2)25(19-12-6-5-7-13-19)32-26(27)29-18-24-22-16-10-8-14-20(22)21-15-9-11-17-23(21)24/h5-17,24-25H,3-4,18H2,1-2H3. The summed E-state index contributed by atoms with van der Waals surface area (Å²) in [5, 5.41) is 0. The molecule has 3 aromatic rings. The van der Waals surface area contributed by atoms with Gasteiger partial charge >= 0.3 is 13.8 Å². The molecule has 7 heteroatoms. The normalized spacial score (nSPS) is 13.8. The topological polar surface area (TPSA) is 71.1 Å². The van der Waals surface area contributed by atoms with Gasteiger partial charge in [0.15, 0.2) is 0 Å². The quantitative estimate of drug-likeness (QED) is 0.252. The number of benzene rings is 3. The van der Waals surface area contributed by atoms with Crippen LogP contribution in [-0.4, -0.2) is 26.0 Å². The highest BCUT2D eigenvalue weighted by Gasteiger charge is 2.41. The molecule has 0 fully saturated rings. The first kappa shape index (κ1) is 23.2. The van der Waals surface area contributed by atoms with Gasteiger partial charge < -0.3 is 18.5 Å². The third-order valence-corrected chi connectivity index (χ3v) is 7.74. The molecule has 0 aromatic heterocycles. The molecular formula is C26H27O6P. The molecule has 0 spiro atoms. The van der Waals surface area contributed by atoms with Crippen molar-refractivity contribution in [3.8, 4) is 11.1 Å². The third kappa shape index (κ3) is 4.88. The largest absolute Gasteiger partial charge is 0.509 e. The minimum Gasteiger partial charge on any atom is -0.433 e. The van der Waals surface area contributed by atoms with Crippen molar-refractivity contribution in [2.24, 2.45) is 0 Å². The predicted octanol–water partition coefficient (Wildman–Crippen LogP) is 6.92. The Kier molecular flexibility index (Phi) is 7.29. The smallest absolute Gasteiger partial charge is 0.433 e. The molecule has 0 bridgehead atoms. The molecule has 0 amide bonds.